The summed E-state index contributed by atoms with van der Waals surface area (Å²) in [7, 11) is 0. The second kappa shape index (κ2) is 5.69. The van der Waals surface area contributed by atoms with Crippen molar-refractivity contribution in [2.24, 2.45) is 5.73 Å². The van der Waals surface area contributed by atoms with Crippen LogP contribution in [0.3, 0.4) is 0 Å². The van der Waals surface area contributed by atoms with E-state index >= 15 is 0 Å². The minimum atomic E-state index is -0.366. The number of nitrogens with two attached hydrogens (primary N) is 1. The summed E-state index contributed by atoms with van der Waals surface area (Å²) >= 11 is 0. The molecule has 1 saturated carbocycles. The van der Waals surface area contributed by atoms with E-state index in [1.165, 1.54) is 12.8 Å². The molecule has 2 atom stereocenters. The maximum absolute atomic E-state index is 9.07. The summed E-state index contributed by atoms with van der Waals surface area (Å²) in [6.07, 6.45) is 6.60. The van der Waals surface area contributed by atoms with E-state index in [4.69, 9.17) is 15.6 Å². The first-order valence-corrected chi connectivity index (χ1v) is 5.71. The molecule has 0 aliphatic heterocycles. The third-order valence-electron chi connectivity index (χ3n) is 3.01. The van der Waals surface area contributed by atoms with Crippen LogP contribution in [0, 0.1) is 0 Å². The summed E-state index contributed by atoms with van der Waals surface area (Å²) in [5.74, 6) is 0. The molecule has 14 heavy (non-hydrogen) atoms. The van der Waals surface area contributed by atoms with Crippen LogP contribution in [-0.2, 0) is 4.74 Å². The Morgan fingerprint density at radius 1 is 1.50 bits per heavy atom. The highest BCUT2D eigenvalue weighted by molar-refractivity contribution is 4.93. The molecule has 0 amide bonds. The smallest absolute Gasteiger partial charge is 0.0612 e. The zero-order valence-electron chi connectivity index (χ0n) is 9.17. The fraction of sp³-hybridized carbons (Fsp3) is 1.00. The maximum Gasteiger partial charge on any atom is 0.0612 e. The average molecular weight is 201 g/mol. The van der Waals surface area contributed by atoms with Crippen molar-refractivity contribution in [2.45, 2.75) is 57.1 Å². The van der Waals surface area contributed by atoms with Gasteiger partial charge >= 0.3 is 0 Å². The second-order valence-electron chi connectivity index (χ2n) is 4.46. The van der Waals surface area contributed by atoms with E-state index in [9.17, 15) is 0 Å². The van der Waals surface area contributed by atoms with Crippen LogP contribution in [0.25, 0.3) is 0 Å². The molecule has 1 aliphatic rings. The van der Waals surface area contributed by atoms with E-state index in [1.54, 1.807) is 0 Å². The Hall–Kier alpha value is -0.120. The molecular weight excluding hydrogens is 178 g/mol. The van der Waals surface area contributed by atoms with E-state index < -0.39 is 0 Å². The van der Waals surface area contributed by atoms with Crippen LogP contribution in [0.15, 0.2) is 0 Å². The molecule has 84 valence electrons. The van der Waals surface area contributed by atoms with Crippen molar-refractivity contribution in [1.29, 1.82) is 0 Å². The molecule has 3 nitrogen and oxygen atoms in total. The molecule has 0 bridgehead atoms. The topological polar surface area (TPSA) is 55.5 Å². The van der Waals surface area contributed by atoms with Gasteiger partial charge in [-0.1, -0.05) is 19.8 Å². The number of unbranched alkanes of at least 4 members (excludes halogenated alkanes) is 2. The summed E-state index contributed by atoms with van der Waals surface area (Å²) in [4.78, 5) is 0. The van der Waals surface area contributed by atoms with Crippen LogP contribution in [0.1, 0.15) is 45.4 Å². The highest BCUT2D eigenvalue weighted by Crippen LogP contribution is 2.29. The van der Waals surface area contributed by atoms with Gasteiger partial charge in [-0.15, -0.1) is 0 Å². The van der Waals surface area contributed by atoms with Crippen molar-refractivity contribution in [1.82, 2.24) is 0 Å². The van der Waals surface area contributed by atoms with E-state index in [0.717, 1.165) is 32.3 Å². The lowest BCUT2D eigenvalue weighted by atomic mass is 10.0. The number of aliphatic hydroxyl groups excluding tert-OH is 1. The van der Waals surface area contributed by atoms with Crippen molar-refractivity contribution in [2.75, 3.05) is 13.2 Å². The number of hydrogen-bond donors (Lipinski definition) is 2. The fourth-order valence-electron chi connectivity index (χ4n) is 1.99. The number of aliphatic hydroxyl groups is 1. The zero-order valence-corrected chi connectivity index (χ0v) is 9.17. The van der Waals surface area contributed by atoms with Gasteiger partial charge in [-0.25, -0.2) is 0 Å². The minimum Gasteiger partial charge on any atom is -0.394 e. The van der Waals surface area contributed by atoms with Gasteiger partial charge in [0.2, 0.25) is 0 Å². The van der Waals surface area contributed by atoms with Gasteiger partial charge in [-0.3, -0.25) is 0 Å². The molecule has 2 unspecified atom stereocenters. The average Bonchev–Trinajstić information content (AvgIpc) is 2.56. The van der Waals surface area contributed by atoms with Gasteiger partial charge in [-0.2, -0.15) is 0 Å². The summed E-state index contributed by atoms with van der Waals surface area (Å²) in [5, 5.41) is 9.07. The fourth-order valence-corrected chi connectivity index (χ4v) is 1.99. The summed E-state index contributed by atoms with van der Waals surface area (Å²) in [6, 6.07) is 0. The molecule has 3 N–H and O–H groups in total. The van der Waals surface area contributed by atoms with Gasteiger partial charge in [0.15, 0.2) is 0 Å². The summed E-state index contributed by atoms with van der Waals surface area (Å²) in [5.41, 5.74) is 5.58. The molecule has 0 saturated heterocycles. The molecule has 1 aliphatic carbocycles. The van der Waals surface area contributed by atoms with E-state index in [1.807, 2.05) is 0 Å². The Bertz CT molecular complexity index is 163. The van der Waals surface area contributed by atoms with Crippen LogP contribution >= 0.6 is 0 Å². The maximum atomic E-state index is 9.07. The largest absolute Gasteiger partial charge is 0.394 e. The number of ether oxygens (including phenoxy) is 1. The van der Waals surface area contributed by atoms with Crippen LogP contribution in [-0.4, -0.2) is 30.0 Å². The lowest BCUT2D eigenvalue weighted by molar-refractivity contribution is 0.0482. The molecule has 1 rings (SSSR count). The predicted molar refractivity (Wildman–Crippen MR) is 57.1 cm³/mol. The van der Waals surface area contributed by atoms with Gasteiger partial charge in [0.05, 0.1) is 12.7 Å². The van der Waals surface area contributed by atoms with Gasteiger partial charge in [0, 0.05) is 12.1 Å². The highest BCUT2D eigenvalue weighted by atomic mass is 16.5. The first-order chi connectivity index (χ1) is 6.70. The van der Waals surface area contributed by atoms with Crippen molar-refractivity contribution < 1.29 is 9.84 Å². The summed E-state index contributed by atoms with van der Waals surface area (Å²) < 4.78 is 5.71. The standard InChI is InChI=1S/C11H23NO2/c1-2-3-4-7-14-10-5-6-11(12,8-10)9-13/h10,13H,2-9,12H2,1H3. The molecule has 0 aromatic carbocycles. The van der Waals surface area contributed by atoms with Gasteiger partial charge < -0.3 is 15.6 Å². The third kappa shape index (κ3) is 3.56. The third-order valence-corrected chi connectivity index (χ3v) is 3.01. The van der Waals surface area contributed by atoms with Crippen LogP contribution < -0.4 is 5.73 Å². The highest BCUT2D eigenvalue weighted by Gasteiger charge is 2.35. The lowest BCUT2D eigenvalue weighted by Gasteiger charge is -2.20. The van der Waals surface area contributed by atoms with Gasteiger partial charge in [0.25, 0.3) is 0 Å². The quantitative estimate of drug-likeness (QED) is 0.639. The SMILES string of the molecule is CCCCCOC1CCC(N)(CO)C1. The van der Waals surface area contributed by atoms with E-state index in [-0.39, 0.29) is 18.2 Å². The Morgan fingerprint density at radius 3 is 2.86 bits per heavy atom. The Labute approximate surface area is 86.6 Å². The molecule has 0 heterocycles. The van der Waals surface area contributed by atoms with Gasteiger partial charge in [0.1, 0.15) is 0 Å². The summed E-state index contributed by atoms with van der Waals surface area (Å²) in [6.45, 7) is 3.12. The van der Waals surface area contributed by atoms with Crippen molar-refractivity contribution in [3.05, 3.63) is 0 Å². The molecule has 1 fully saturated rings. The van der Waals surface area contributed by atoms with Crippen molar-refractivity contribution >= 4 is 0 Å². The molecule has 0 spiro atoms. The molecule has 3 heteroatoms. The molecular formula is C11H23NO2. The molecule has 0 aromatic rings. The Morgan fingerprint density at radius 2 is 2.29 bits per heavy atom. The Kier molecular flexibility index (Phi) is 4.85. The monoisotopic (exact) mass is 201 g/mol. The van der Waals surface area contributed by atoms with Gasteiger partial charge in [-0.05, 0) is 25.7 Å². The predicted octanol–water partition coefficient (Wildman–Crippen LogP) is 1.44. The first-order valence-electron chi connectivity index (χ1n) is 5.71. The number of hydrogen-bond acceptors (Lipinski definition) is 3. The van der Waals surface area contributed by atoms with E-state index in [0.29, 0.717) is 0 Å². The zero-order chi connectivity index (χ0) is 10.4. The van der Waals surface area contributed by atoms with Crippen molar-refractivity contribution in [3.63, 3.8) is 0 Å². The Balaban J connectivity index is 2.10. The van der Waals surface area contributed by atoms with Crippen LogP contribution in [0.5, 0.6) is 0 Å². The molecule has 0 aromatic heterocycles. The van der Waals surface area contributed by atoms with Crippen LogP contribution in [0.2, 0.25) is 0 Å². The van der Waals surface area contributed by atoms with Crippen LogP contribution in [0.4, 0.5) is 0 Å². The lowest BCUT2D eigenvalue weighted by Crippen LogP contribution is -2.41. The normalized spacial score (nSPS) is 32.4. The minimum absolute atomic E-state index is 0.0851. The molecule has 0 radical (unpaired) electrons. The first kappa shape index (κ1) is 12.0. The number of rotatable bonds is 6. The van der Waals surface area contributed by atoms with Crippen molar-refractivity contribution in [3.8, 4) is 0 Å². The van der Waals surface area contributed by atoms with E-state index in [2.05, 4.69) is 6.92 Å². The second-order valence-corrected chi connectivity index (χ2v) is 4.46.